The van der Waals surface area contributed by atoms with Crippen LogP contribution in [0.1, 0.15) is 19.3 Å². The van der Waals surface area contributed by atoms with Gasteiger partial charge in [-0.2, -0.15) is 4.39 Å². The molecule has 7 nitrogen and oxygen atoms in total. The molecule has 0 aliphatic carbocycles. The Hall–Kier alpha value is -1.53. The Bertz CT molecular complexity index is 896. The van der Waals surface area contributed by atoms with E-state index in [1.165, 1.54) is 0 Å². The van der Waals surface area contributed by atoms with Crippen LogP contribution < -0.4 is 20.7 Å². The summed E-state index contributed by atoms with van der Waals surface area (Å²) in [5.41, 5.74) is 0.311. The summed E-state index contributed by atoms with van der Waals surface area (Å²) < 4.78 is 54.1. The van der Waals surface area contributed by atoms with E-state index < -0.39 is 25.9 Å². The van der Waals surface area contributed by atoms with Crippen molar-refractivity contribution in [1.29, 1.82) is 0 Å². The van der Waals surface area contributed by atoms with Crippen molar-refractivity contribution >= 4 is 43.8 Å². The first kappa shape index (κ1) is 23.7. The second-order valence-electron chi connectivity index (χ2n) is 6.18. The molecule has 0 saturated carbocycles. The standard InChI is InChI=1S/C17H24ClF2N5O2S2/c1-21-5-4-7-22-6-2-3-8-23-14-10-13(19)15(9-12(14)18)29(26,27)25-17-24-11-16(20)28-17/h9-11,21-23H,2-8H2,1H3,(H,24,25). The van der Waals surface area contributed by atoms with Crippen molar-refractivity contribution in [3.8, 4) is 0 Å². The molecular formula is C17H24ClF2N5O2S2. The number of unbranched alkanes of at least 4 members (excludes halogenated alkanes) is 1. The highest BCUT2D eigenvalue weighted by Crippen LogP contribution is 2.29. The maximum absolute atomic E-state index is 14.4. The van der Waals surface area contributed by atoms with Crippen LogP contribution in [-0.2, 0) is 10.0 Å². The molecule has 0 atom stereocenters. The van der Waals surface area contributed by atoms with Gasteiger partial charge < -0.3 is 16.0 Å². The lowest BCUT2D eigenvalue weighted by Gasteiger charge is -2.12. The lowest BCUT2D eigenvalue weighted by atomic mass is 10.2. The van der Waals surface area contributed by atoms with Gasteiger partial charge in [0.15, 0.2) is 10.3 Å². The molecular weight excluding hydrogens is 444 g/mol. The number of benzene rings is 1. The van der Waals surface area contributed by atoms with Crippen molar-refractivity contribution in [2.24, 2.45) is 0 Å². The van der Waals surface area contributed by atoms with Crippen molar-refractivity contribution in [2.45, 2.75) is 24.2 Å². The normalized spacial score (nSPS) is 11.6. The van der Waals surface area contributed by atoms with E-state index in [9.17, 15) is 17.2 Å². The Kier molecular flexibility index (Phi) is 9.50. The smallest absolute Gasteiger partial charge is 0.266 e. The fourth-order valence-corrected chi connectivity index (χ4v) is 4.62. The Balaban J connectivity index is 1.87. The Morgan fingerprint density at radius 1 is 1.10 bits per heavy atom. The van der Waals surface area contributed by atoms with E-state index >= 15 is 0 Å². The number of anilines is 2. The van der Waals surface area contributed by atoms with Crippen molar-refractivity contribution in [3.05, 3.63) is 34.3 Å². The van der Waals surface area contributed by atoms with Crippen LogP contribution in [0.15, 0.2) is 23.2 Å². The summed E-state index contributed by atoms with van der Waals surface area (Å²) in [4.78, 5) is 2.93. The molecule has 0 spiro atoms. The molecule has 0 fully saturated rings. The highest BCUT2D eigenvalue weighted by molar-refractivity contribution is 7.93. The first-order chi connectivity index (χ1) is 13.8. The fraction of sp³-hybridized carbons (Fsp3) is 0.471. The fourth-order valence-electron chi connectivity index (χ4n) is 2.45. The Morgan fingerprint density at radius 2 is 1.83 bits per heavy atom. The third-order valence-corrected chi connectivity index (χ3v) is 6.38. The van der Waals surface area contributed by atoms with Gasteiger partial charge in [-0.3, -0.25) is 4.72 Å². The predicted molar refractivity (Wildman–Crippen MR) is 113 cm³/mol. The van der Waals surface area contributed by atoms with Gasteiger partial charge in [-0.05, 0) is 58.1 Å². The highest BCUT2D eigenvalue weighted by Gasteiger charge is 2.22. The molecule has 1 aromatic heterocycles. The highest BCUT2D eigenvalue weighted by atomic mass is 35.5. The van der Waals surface area contributed by atoms with Gasteiger partial charge >= 0.3 is 0 Å². The van der Waals surface area contributed by atoms with Gasteiger partial charge in [0.1, 0.15) is 10.7 Å². The SMILES string of the molecule is CNCCCNCCCCNc1cc(F)c(S(=O)(=O)Nc2ncc(F)s2)cc1Cl. The minimum atomic E-state index is -4.28. The summed E-state index contributed by atoms with van der Waals surface area (Å²) in [6.07, 6.45) is 3.71. The lowest BCUT2D eigenvalue weighted by Crippen LogP contribution is -2.21. The monoisotopic (exact) mass is 467 g/mol. The summed E-state index contributed by atoms with van der Waals surface area (Å²) >= 11 is 6.61. The lowest BCUT2D eigenvalue weighted by molar-refractivity contribution is 0.570. The van der Waals surface area contributed by atoms with E-state index in [0.717, 1.165) is 57.2 Å². The molecule has 4 N–H and O–H groups in total. The van der Waals surface area contributed by atoms with Crippen molar-refractivity contribution in [1.82, 2.24) is 15.6 Å². The molecule has 0 saturated heterocycles. The van der Waals surface area contributed by atoms with E-state index in [1.807, 2.05) is 11.8 Å². The first-order valence-electron chi connectivity index (χ1n) is 9.06. The van der Waals surface area contributed by atoms with Crippen molar-refractivity contribution in [3.63, 3.8) is 0 Å². The van der Waals surface area contributed by atoms with E-state index in [0.29, 0.717) is 23.6 Å². The maximum atomic E-state index is 14.4. The number of hydrogen-bond donors (Lipinski definition) is 4. The quantitative estimate of drug-likeness (QED) is 0.338. The second-order valence-corrected chi connectivity index (χ2v) is 9.22. The molecule has 0 aliphatic rings. The molecule has 0 radical (unpaired) electrons. The summed E-state index contributed by atoms with van der Waals surface area (Å²) in [6, 6.07) is 2.06. The van der Waals surface area contributed by atoms with Crippen molar-refractivity contribution < 1.29 is 17.2 Å². The van der Waals surface area contributed by atoms with Crippen LogP contribution >= 0.6 is 22.9 Å². The van der Waals surface area contributed by atoms with Gasteiger partial charge in [0.2, 0.25) is 0 Å². The average molecular weight is 468 g/mol. The molecule has 0 amide bonds. The van der Waals surface area contributed by atoms with E-state index in [2.05, 4.69) is 20.9 Å². The van der Waals surface area contributed by atoms with Crippen LogP contribution in [0.5, 0.6) is 0 Å². The minimum Gasteiger partial charge on any atom is -0.384 e. The van der Waals surface area contributed by atoms with Gasteiger partial charge in [0.25, 0.3) is 10.0 Å². The number of hydrogen-bond acceptors (Lipinski definition) is 7. The number of nitrogens with zero attached hydrogens (tertiary/aromatic N) is 1. The summed E-state index contributed by atoms with van der Waals surface area (Å²) in [7, 11) is -2.36. The molecule has 1 aromatic carbocycles. The van der Waals surface area contributed by atoms with Gasteiger partial charge in [-0.25, -0.2) is 17.8 Å². The third kappa shape index (κ3) is 7.67. The summed E-state index contributed by atoms with van der Waals surface area (Å²) in [5.74, 6) is -0.965. The number of sulfonamides is 1. The molecule has 0 unspecified atom stereocenters. The number of thiazole rings is 1. The van der Waals surface area contributed by atoms with Gasteiger partial charge in [-0.15, -0.1) is 0 Å². The van der Waals surface area contributed by atoms with Gasteiger partial charge in [0.05, 0.1) is 16.9 Å². The Morgan fingerprint density at radius 3 is 2.52 bits per heavy atom. The average Bonchev–Trinajstić information content (AvgIpc) is 3.06. The number of halogens is 3. The molecule has 0 aliphatic heterocycles. The molecule has 2 aromatic rings. The number of nitrogens with one attached hydrogen (secondary N) is 4. The molecule has 162 valence electrons. The molecule has 2 rings (SSSR count). The van der Waals surface area contributed by atoms with Gasteiger partial charge in [-0.1, -0.05) is 22.9 Å². The minimum absolute atomic E-state index is 0.0716. The first-order valence-corrected chi connectivity index (χ1v) is 11.7. The third-order valence-electron chi connectivity index (χ3n) is 3.89. The largest absolute Gasteiger partial charge is 0.384 e. The molecule has 1 heterocycles. The van der Waals surface area contributed by atoms with Crippen LogP contribution in [-0.4, -0.2) is 46.6 Å². The zero-order chi connectivity index (χ0) is 21.3. The summed E-state index contributed by atoms with van der Waals surface area (Å²) in [6.45, 7) is 3.37. The number of rotatable bonds is 13. The molecule has 29 heavy (non-hydrogen) atoms. The zero-order valence-electron chi connectivity index (χ0n) is 15.9. The van der Waals surface area contributed by atoms with E-state index in [-0.39, 0.29) is 10.2 Å². The van der Waals surface area contributed by atoms with Crippen LogP contribution in [0.2, 0.25) is 5.02 Å². The zero-order valence-corrected chi connectivity index (χ0v) is 18.3. The van der Waals surface area contributed by atoms with Crippen LogP contribution in [0.25, 0.3) is 0 Å². The van der Waals surface area contributed by atoms with Crippen LogP contribution in [0, 0.1) is 10.9 Å². The van der Waals surface area contributed by atoms with Crippen LogP contribution in [0.3, 0.4) is 0 Å². The molecule has 12 heteroatoms. The summed E-state index contributed by atoms with van der Waals surface area (Å²) in [5, 5.41) is 8.64. The van der Waals surface area contributed by atoms with Crippen molar-refractivity contribution in [2.75, 3.05) is 43.3 Å². The maximum Gasteiger partial charge on any atom is 0.266 e. The molecule has 0 bridgehead atoms. The van der Waals surface area contributed by atoms with Gasteiger partial charge in [0, 0.05) is 6.54 Å². The second kappa shape index (κ2) is 11.6. The number of aromatic nitrogens is 1. The van der Waals surface area contributed by atoms with Crippen LogP contribution in [0.4, 0.5) is 19.6 Å². The topological polar surface area (TPSA) is 95.1 Å². The van der Waals surface area contributed by atoms with E-state index in [4.69, 9.17) is 11.6 Å². The Labute approximate surface area is 178 Å². The predicted octanol–water partition coefficient (Wildman–Crippen LogP) is 3.27. The van der Waals surface area contributed by atoms with E-state index in [1.54, 1.807) is 0 Å².